The number of nitrogens with one attached hydrogen (secondary N) is 1. The molecule has 0 saturated carbocycles. The van der Waals surface area contributed by atoms with Gasteiger partial charge in [0, 0.05) is 6.04 Å². The van der Waals surface area contributed by atoms with Crippen molar-refractivity contribution in [1.82, 2.24) is 5.32 Å². The molecule has 0 radical (unpaired) electrons. The summed E-state index contributed by atoms with van der Waals surface area (Å²) < 4.78 is 5.60. The zero-order valence-electron chi connectivity index (χ0n) is 13.4. The third kappa shape index (κ3) is 4.33. The molecule has 2 aromatic carbocycles. The van der Waals surface area contributed by atoms with Crippen LogP contribution in [0.1, 0.15) is 35.2 Å². The van der Waals surface area contributed by atoms with Crippen molar-refractivity contribution in [2.45, 2.75) is 33.2 Å². The number of hydrogen-bond acceptors (Lipinski definition) is 2. The maximum absolute atomic E-state index is 5.60. The van der Waals surface area contributed by atoms with Gasteiger partial charge >= 0.3 is 0 Å². The van der Waals surface area contributed by atoms with Crippen LogP contribution >= 0.6 is 0 Å². The molecule has 0 aliphatic rings. The van der Waals surface area contributed by atoms with Gasteiger partial charge in [-0.05, 0) is 57.5 Å². The summed E-state index contributed by atoms with van der Waals surface area (Å²) in [6.45, 7) is 7.02. The second-order valence-electron chi connectivity index (χ2n) is 5.55. The van der Waals surface area contributed by atoms with Crippen molar-refractivity contribution in [2.75, 3.05) is 13.7 Å². The number of likely N-dealkylation sites (N-methyl/N-ethyl adjacent to an activating group) is 1. The lowest BCUT2D eigenvalue weighted by Gasteiger charge is -2.18. The molecule has 21 heavy (non-hydrogen) atoms. The Morgan fingerprint density at radius 3 is 2.38 bits per heavy atom. The molecule has 0 amide bonds. The van der Waals surface area contributed by atoms with E-state index in [0.717, 1.165) is 12.2 Å². The summed E-state index contributed by atoms with van der Waals surface area (Å²) in [6, 6.07) is 15.4. The Morgan fingerprint density at radius 1 is 1.05 bits per heavy atom. The van der Waals surface area contributed by atoms with Crippen LogP contribution in [0.25, 0.3) is 0 Å². The number of rotatable bonds is 6. The SMILES string of the molecule is CCOc1cccc(C(Cc2cc(C)cc(C)c2)NC)c1. The molecule has 0 aromatic heterocycles. The van der Waals surface area contributed by atoms with Gasteiger partial charge in [0.2, 0.25) is 0 Å². The molecule has 0 spiro atoms. The van der Waals surface area contributed by atoms with E-state index in [0.29, 0.717) is 12.6 Å². The van der Waals surface area contributed by atoms with Crippen molar-refractivity contribution in [3.05, 3.63) is 64.7 Å². The average Bonchev–Trinajstić information content (AvgIpc) is 2.44. The molecule has 1 unspecified atom stereocenters. The van der Waals surface area contributed by atoms with E-state index in [-0.39, 0.29) is 0 Å². The fourth-order valence-corrected chi connectivity index (χ4v) is 2.80. The van der Waals surface area contributed by atoms with Gasteiger partial charge in [-0.1, -0.05) is 41.5 Å². The second kappa shape index (κ2) is 7.28. The Labute approximate surface area is 128 Å². The first kappa shape index (κ1) is 15.6. The molecule has 0 aliphatic carbocycles. The van der Waals surface area contributed by atoms with E-state index in [1.54, 1.807) is 0 Å². The highest BCUT2D eigenvalue weighted by Gasteiger charge is 2.11. The predicted molar refractivity (Wildman–Crippen MR) is 89.0 cm³/mol. The summed E-state index contributed by atoms with van der Waals surface area (Å²) in [7, 11) is 2.01. The van der Waals surface area contributed by atoms with E-state index in [1.807, 2.05) is 20.0 Å². The second-order valence-corrected chi connectivity index (χ2v) is 5.55. The van der Waals surface area contributed by atoms with Crippen LogP contribution < -0.4 is 10.1 Å². The fraction of sp³-hybridized carbons (Fsp3) is 0.368. The van der Waals surface area contributed by atoms with Crippen LogP contribution in [0.3, 0.4) is 0 Å². The van der Waals surface area contributed by atoms with Crippen LogP contribution in [-0.4, -0.2) is 13.7 Å². The summed E-state index contributed by atoms with van der Waals surface area (Å²) >= 11 is 0. The lowest BCUT2D eigenvalue weighted by molar-refractivity contribution is 0.339. The third-order valence-electron chi connectivity index (χ3n) is 3.64. The highest BCUT2D eigenvalue weighted by atomic mass is 16.5. The quantitative estimate of drug-likeness (QED) is 0.857. The number of ether oxygens (including phenoxy) is 1. The van der Waals surface area contributed by atoms with Crippen LogP contribution in [0, 0.1) is 13.8 Å². The van der Waals surface area contributed by atoms with Crippen LogP contribution in [0.5, 0.6) is 5.75 Å². The van der Waals surface area contributed by atoms with Crippen molar-refractivity contribution < 1.29 is 4.74 Å². The molecule has 0 fully saturated rings. The number of hydrogen-bond donors (Lipinski definition) is 1. The summed E-state index contributed by atoms with van der Waals surface area (Å²) in [5.74, 6) is 0.940. The van der Waals surface area contributed by atoms with Gasteiger partial charge in [0.25, 0.3) is 0 Å². The Balaban J connectivity index is 2.21. The molecule has 2 aromatic rings. The minimum Gasteiger partial charge on any atom is -0.494 e. The lowest BCUT2D eigenvalue weighted by atomic mass is 9.96. The van der Waals surface area contributed by atoms with Gasteiger partial charge in [-0.3, -0.25) is 0 Å². The summed E-state index contributed by atoms with van der Waals surface area (Å²) in [5, 5.41) is 3.42. The maximum Gasteiger partial charge on any atom is 0.119 e. The van der Waals surface area contributed by atoms with Crippen molar-refractivity contribution in [2.24, 2.45) is 0 Å². The molecular formula is C19H25NO. The van der Waals surface area contributed by atoms with E-state index < -0.39 is 0 Å². The standard InChI is InChI=1S/C19H25NO/c1-5-21-18-8-6-7-17(13-18)19(20-4)12-16-10-14(2)9-15(3)11-16/h6-11,13,19-20H,5,12H2,1-4H3. The fourth-order valence-electron chi connectivity index (χ4n) is 2.80. The van der Waals surface area contributed by atoms with Gasteiger partial charge in [0.1, 0.15) is 5.75 Å². The molecule has 2 nitrogen and oxygen atoms in total. The van der Waals surface area contributed by atoms with E-state index in [4.69, 9.17) is 4.74 Å². The van der Waals surface area contributed by atoms with Crippen molar-refractivity contribution >= 4 is 0 Å². The Kier molecular flexibility index (Phi) is 5.40. The topological polar surface area (TPSA) is 21.3 Å². The molecular weight excluding hydrogens is 258 g/mol. The maximum atomic E-state index is 5.60. The van der Waals surface area contributed by atoms with Gasteiger partial charge in [-0.25, -0.2) is 0 Å². The van der Waals surface area contributed by atoms with E-state index in [2.05, 4.69) is 55.6 Å². The zero-order valence-corrected chi connectivity index (χ0v) is 13.4. The summed E-state index contributed by atoms with van der Waals surface area (Å²) in [5.41, 5.74) is 5.28. The predicted octanol–water partition coefficient (Wildman–Crippen LogP) is 4.21. The highest BCUT2D eigenvalue weighted by molar-refractivity contribution is 5.34. The third-order valence-corrected chi connectivity index (χ3v) is 3.64. The average molecular weight is 283 g/mol. The number of aryl methyl sites for hydroxylation is 2. The van der Waals surface area contributed by atoms with Gasteiger partial charge in [-0.2, -0.15) is 0 Å². The van der Waals surface area contributed by atoms with Gasteiger partial charge in [0.05, 0.1) is 6.61 Å². The van der Waals surface area contributed by atoms with Gasteiger partial charge in [0.15, 0.2) is 0 Å². The first-order chi connectivity index (χ1) is 10.1. The smallest absolute Gasteiger partial charge is 0.119 e. The summed E-state index contributed by atoms with van der Waals surface area (Å²) in [6.07, 6.45) is 0.981. The van der Waals surface area contributed by atoms with Gasteiger partial charge < -0.3 is 10.1 Å². The first-order valence-corrected chi connectivity index (χ1v) is 7.59. The Bertz CT molecular complexity index is 572. The molecule has 0 saturated heterocycles. The Hall–Kier alpha value is -1.80. The first-order valence-electron chi connectivity index (χ1n) is 7.59. The molecule has 0 aliphatic heterocycles. The van der Waals surface area contributed by atoms with Crippen LogP contribution in [-0.2, 0) is 6.42 Å². The van der Waals surface area contributed by atoms with Crippen LogP contribution in [0.15, 0.2) is 42.5 Å². The molecule has 0 bridgehead atoms. The van der Waals surface area contributed by atoms with Crippen molar-refractivity contribution in [3.8, 4) is 5.75 Å². The Morgan fingerprint density at radius 2 is 1.76 bits per heavy atom. The molecule has 1 atom stereocenters. The van der Waals surface area contributed by atoms with Crippen molar-refractivity contribution in [1.29, 1.82) is 0 Å². The van der Waals surface area contributed by atoms with Gasteiger partial charge in [-0.15, -0.1) is 0 Å². The number of benzene rings is 2. The minimum atomic E-state index is 0.298. The largest absolute Gasteiger partial charge is 0.494 e. The highest BCUT2D eigenvalue weighted by Crippen LogP contribution is 2.23. The van der Waals surface area contributed by atoms with Crippen LogP contribution in [0.2, 0.25) is 0 Å². The molecule has 0 heterocycles. The lowest BCUT2D eigenvalue weighted by Crippen LogP contribution is -2.19. The molecule has 2 heteroatoms. The molecule has 2 rings (SSSR count). The molecule has 1 N–H and O–H groups in total. The monoisotopic (exact) mass is 283 g/mol. The zero-order chi connectivity index (χ0) is 15.2. The van der Waals surface area contributed by atoms with E-state index in [9.17, 15) is 0 Å². The van der Waals surface area contributed by atoms with E-state index in [1.165, 1.54) is 22.3 Å². The van der Waals surface area contributed by atoms with E-state index >= 15 is 0 Å². The van der Waals surface area contributed by atoms with Crippen molar-refractivity contribution in [3.63, 3.8) is 0 Å². The molecule has 112 valence electrons. The van der Waals surface area contributed by atoms with Crippen LogP contribution in [0.4, 0.5) is 0 Å². The summed E-state index contributed by atoms with van der Waals surface area (Å²) in [4.78, 5) is 0. The minimum absolute atomic E-state index is 0.298. The normalized spacial score (nSPS) is 12.2.